The molecule has 2 atom stereocenters. The number of hydrogen-bond donors (Lipinski definition) is 2. The monoisotopic (exact) mass is 661 g/mol. The molecule has 0 bridgehead atoms. The zero-order chi connectivity index (χ0) is 34.5. The van der Waals surface area contributed by atoms with Crippen molar-refractivity contribution in [3.05, 3.63) is 66.2 Å². The lowest BCUT2D eigenvalue weighted by Crippen LogP contribution is -2.73. The summed E-state index contributed by atoms with van der Waals surface area (Å²) in [5.41, 5.74) is -1.99. The highest BCUT2D eigenvalue weighted by Crippen LogP contribution is 2.35. The molecule has 0 radical (unpaired) electrons. The Kier molecular flexibility index (Phi) is 10.3. The first kappa shape index (κ1) is 34.7. The van der Waals surface area contributed by atoms with Crippen LogP contribution in [0.2, 0.25) is 0 Å². The van der Waals surface area contributed by atoms with Crippen LogP contribution in [0.1, 0.15) is 71.3 Å². The van der Waals surface area contributed by atoms with Gasteiger partial charge in [0, 0.05) is 25.8 Å². The Bertz CT molecular complexity index is 1490. The molecule has 258 valence electrons. The molecule has 2 N–H and O–H groups in total. The molecule has 2 heterocycles. The van der Waals surface area contributed by atoms with Crippen molar-refractivity contribution in [1.29, 1.82) is 0 Å². The van der Waals surface area contributed by atoms with Crippen LogP contribution in [0.3, 0.4) is 0 Å². The molecule has 1 saturated carbocycles. The number of benzene rings is 2. The van der Waals surface area contributed by atoms with Crippen LogP contribution in [0.15, 0.2) is 60.7 Å². The number of anilines is 1. The van der Waals surface area contributed by atoms with Crippen LogP contribution >= 0.6 is 0 Å². The number of likely N-dealkylation sites (N-methyl/N-ethyl adjacent to an activating group) is 1. The molecular formula is C36H47N5O7. The second kappa shape index (κ2) is 14.2. The largest absolute Gasteiger partial charge is 0.445 e. The fourth-order valence-electron chi connectivity index (χ4n) is 6.61. The van der Waals surface area contributed by atoms with E-state index in [4.69, 9.17) is 9.47 Å². The van der Waals surface area contributed by atoms with Crippen molar-refractivity contribution in [2.24, 2.45) is 0 Å². The first-order chi connectivity index (χ1) is 22.8. The Labute approximate surface area is 282 Å². The van der Waals surface area contributed by atoms with Crippen molar-refractivity contribution < 1.29 is 33.4 Å². The molecule has 1 unspecified atom stereocenters. The van der Waals surface area contributed by atoms with Crippen LogP contribution in [-0.2, 0) is 30.5 Å². The second-order valence-electron chi connectivity index (χ2n) is 14.1. The van der Waals surface area contributed by atoms with Gasteiger partial charge in [-0.1, -0.05) is 48.5 Å². The average Bonchev–Trinajstić information content (AvgIpc) is 3.55. The third kappa shape index (κ3) is 7.74. The fraction of sp³-hybridized carbons (Fsp3) is 0.528. The molecule has 3 aliphatic rings. The summed E-state index contributed by atoms with van der Waals surface area (Å²) < 4.78 is 11.1. The Morgan fingerprint density at radius 3 is 2.10 bits per heavy atom. The van der Waals surface area contributed by atoms with Crippen molar-refractivity contribution in [2.75, 3.05) is 31.6 Å². The lowest BCUT2D eigenvalue weighted by Gasteiger charge is -2.48. The van der Waals surface area contributed by atoms with Crippen molar-refractivity contribution in [2.45, 2.75) is 95.0 Å². The topological polar surface area (TPSA) is 138 Å². The highest BCUT2D eigenvalue weighted by molar-refractivity contribution is 6.04. The van der Waals surface area contributed by atoms with E-state index in [-0.39, 0.29) is 19.1 Å². The molecule has 0 aromatic heterocycles. The molecule has 0 spiro atoms. The molecule has 12 heteroatoms. The molecule has 2 aromatic rings. The lowest BCUT2D eigenvalue weighted by molar-refractivity contribution is -0.143. The van der Waals surface area contributed by atoms with E-state index in [2.05, 4.69) is 10.6 Å². The van der Waals surface area contributed by atoms with Gasteiger partial charge in [-0.05, 0) is 83.4 Å². The summed E-state index contributed by atoms with van der Waals surface area (Å²) >= 11 is 0. The highest BCUT2D eigenvalue weighted by Gasteiger charge is 2.53. The molecule has 5 rings (SSSR count). The minimum Gasteiger partial charge on any atom is -0.445 e. The quantitative estimate of drug-likeness (QED) is 0.429. The number of amides is 5. The van der Waals surface area contributed by atoms with Crippen LogP contribution < -0.4 is 15.5 Å². The summed E-state index contributed by atoms with van der Waals surface area (Å²) in [6.07, 6.45) is 2.13. The number of nitrogens with zero attached hydrogens (tertiary/aromatic N) is 3. The van der Waals surface area contributed by atoms with Gasteiger partial charge in [0.15, 0.2) is 0 Å². The van der Waals surface area contributed by atoms with Crippen LogP contribution in [0.25, 0.3) is 0 Å². The van der Waals surface area contributed by atoms with Crippen LogP contribution in [-0.4, -0.2) is 89.1 Å². The van der Waals surface area contributed by atoms with E-state index in [1.807, 2.05) is 48.5 Å². The normalized spacial score (nSPS) is 21.8. The summed E-state index contributed by atoms with van der Waals surface area (Å²) in [6, 6.07) is 17.6. The molecule has 1 aliphatic carbocycles. The zero-order valence-corrected chi connectivity index (χ0v) is 28.3. The SMILES string of the molecule is CN(C(=O)C1(NC(=O)C2(NC(=O)[C@@H]3CCCN3C(=O)OCc3ccccc3)CCC2)CCCN(C(=O)OC(C)(C)C)C1)c1ccccc1. The number of hydrogen-bond acceptors (Lipinski definition) is 7. The molecule has 2 saturated heterocycles. The van der Waals surface area contributed by atoms with Crippen LogP contribution in [0, 0.1) is 0 Å². The van der Waals surface area contributed by atoms with Crippen molar-refractivity contribution in [3.8, 4) is 0 Å². The number of rotatable bonds is 8. The molecule has 2 aromatic carbocycles. The minimum absolute atomic E-state index is 0.0860. The number of ether oxygens (including phenoxy) is 2. The van der Waals surface area contributed by atoms with Gasteiger partial charge in [0.1, 0.15) is 29.3 Å². The Morgan fingerprint density at radius 1 is 0.833 bits per heavy atom. The van der Waals surface area contributed by atoms with Gasteiger partial charge in [-0.2, -0.15) is 0 Å². The predicted octanol–water partition coefficient (Wildman–Crippen LogP) is 4.38. The van der Waals surface area contributed by atoms with E-state index in [1.165, 1.54) is 14.7 Å². The van der Waals surface area contributed by atoms with Gasteiger partial charge < -0.3 is 29.9 Å². The molecule has 3 fully saturated rings. The van der Waals surface area contributed by atoms with Gasteiger partial charge in [0.2, 0.25) is 11.8 Å². The maximum absolute atomic E-state index is 14.3. The number of carbonyl (C=O) groups excluding carboxylic acids is 5. The van der Waals surface area contributed by atoms with Crippen molar-refractivity contribution in [3.63, 3.8) is 0 Å². The fourth-order valence-corrected chi connectivity index (χ4v) is 6.61. The number of para-hydroxylation sites is 1. The minimum atomic E-state index is -1.47. The summed E-state index contributed by atoms with van der Waals surface area (Å²) in [4.78, 5) is 72.9. The standard InChI is InChI=1S/C36H47N5O7/c1-34(2,3)48-32(45)40-22-13-21-36(25-40,31(44)39(4)27-16-9-6-10-17-27)38-30(43)35(19-12-20-35)37-29(42)28-18-11-23-41(28)33(46)47-24-26-14-7-5-8-15-26/h5-10,14-17,28H,11-13,18-25H2,1-4H3,(H,37,42)(H,38,43)/t28-,36?/m0/s1. The maximum Gasteiger partial charge on any atom is 0.410 e. The molecule has 12 nitrogen and oxygen atoms in total. The number of piperidine rings is 1. The van der Waals surface area contributed by atoms with Crippen LogP contribution in [0.4, 0.5) is 15.3 Å². The summed E-state index contributed by atoms with van der Waals surface area (Å²) in [7, 11) is 1.64. The Balaban J connectivity index is 1.33. The van der Waals surface area contributed by atoms with E-state index in [1.54, 1.807) is 40.0 Å². The number of likely N-dealkylation sites (tertiary alicyclic amines) is 2. The van der Waals surface area contributed by atoms with Gasteiger partial charge in [-0.25, -0.2) is 9.59 Å². The average molecular weight is 662 g/mol. The van der Waals surface area contributed by atoms with E-state index in [0.717, 1.165) is 5.56 Å². The van der Waals surface area contributed by atoms with E-state index in [9.17, 15) is 24.0 Å². The van der Waals surface area contributed by atoms with Crippen molar-refractivity contribution in [1.82, 2.24) is 20.4 Å². The maximum atomic E-state index is 14.3. The Morgan fingerprint density at radius 2 is 1.48 bits per heavy atom. The third-order valence-corrected chi connectivity index (χ3v) is 9.35. The summed E-state index contributed by atoms with van der Waals surface area (Å²) in [5, 5.41) is 6.01. The van der Waals surface area contributed by atoms with Gasteiger partial charge in [0.25, 0.3) is 5.91 Å². The zero-order valence-electron chi connectivity index (χ0n) is 28.3. The molecule has 48 heavy (non-hydrogen) atoms. The third-order valence-electron chi connectivity index (χ3n) is 9.35. The van der Waals surface area contributed by atoms with Crippen molar-refractivity contribution >= 4 is 35.6 Å². The summed E-state index contributed by atoms with van der Waals surface area (Å²) in [5.74, 6) is -1.29. The summed E-state index contributed by atoms with van der Waals surface area (Å²) in [6.45, 7) is 6.06. The molecular weight excluding hydrogens is 614 g/mol. The number of nitrogens with one attached hydrogen (secondary N) is 2. The second-order valence-corrected chi connectivity index (χ2v) is 14.1. The first-order valence-electron chi connectivity index (χ1n) is 16.8. The Hall–Kier alpha value is -4.61. The molecule has 2 aliphatic heterocycles. The van der Waals surface area contributed by atoms with Gasteiger partial charge in [0.05, 0.1) is 6.54 Å². The van der Waals surface area contributed by atoms with E-state index in [0.29, 0.717) is 63.7 Å². The van der Waals surface area contributed by atoms with Crippen LogP contribution in [0.5, 0.6) is 0 Å². The van der Waals surface area contributed by atoms with Gasteiger partial charge in [-0.3, -0.25) is 19.3 Å². The molecule has 5 amide bonds. The number of carbonyl (C=O) groups is 5. The van der Waals surface area contributed by atoms with Gasteiger partial charge in [-0.15, -0.1) is 0 Å². The smallest absolute Gasteiger partial charge is 0.410 e. The first-order valence-corrected chi connectivity index (χ1v) is 16.8. The van der Waals surface area contributed by atoms with E-state index < -0.39 is 46.7 Å². The highest BCUT2D eigenvalue weighted by atomic mass is 16.6. The lowest BCUT2D eigenvalue weighted by atomic mass is 9.74. The van der Waals surface area contributed by atoms with E-state index >= 15 is 0 Å². The predicted molar refractivity (Wildman–Crippen MR) is 179 cm³/mol. The van der Waals surface area contributed by atoms with Gasteiger partial charge >= 0.3 is 12.2 Å².